The maximum Gasteiger partial charge on any atom is 0.335 e. The number of aliphatic hydroxyl groups excluding tert-OH is 1. The SMILES string of the molecule is C=CC(=O)Oc1ccc2cc(OC(O)C=C)ccc2c1. The standard InChI is InChI=1S/C16H14O4/c1-3-15(17)19-13-7-5-12-10-14(20-16(18)4-2)8-6-11(12)9-13/h3-10,15,17H,1-2H2. The lowest BCUT2D eigenvalue weighted by molar-refractivity contribution is -0.128. The number of carbonyl (C=O) groups is 1. The van der Waals surface area contributed by atoms with Gasteiger partial charge in [-0.2, -0.15) is 0 Å². The van der Waals surface area contributed by atoms with Crippen molar-refractivity contribution in [2.45, 2.75) is 6.29 Å². The Morgan fingerprint density at radius 3 is 2.30 bits per heavy atom. The summed E-state index contributed by atoms with van der Waals surface area (Å²) in [6.45, 7) is 6.78. The van der Waals surface area contributed by atoms with Crippen LogP contribution in [0.25, 0.3) is 10.8 Å². The van der Waals surface area contributed by atoms with Gasteiger partial charge in [-0.25, -0.2) is 4.79 Å². The van der Waals surface area contributed by atoms with Crippen LogP contribution in [0.3, 0.4) is 0 Å². The van der Waals surface area contributed by atoms with Crippen LogP contribution >= 0.6 is 0 Å². The van der Waals surface area contributed by atoms with Gasteiger partial charge >= 0.3 is 5.97 Å². The zero-order valence-corrected chi connectivity index (χ0v) is 10.8. The summed E-state index contributed by atoms with van der Waals surface area (Å²) in [5.41, 5.74) is 0. The van der Waals surface area contributed by atoms with E-state index in [1.807, 2.05) is 6.07 Å². The van der Waals surface area contributed by atoms with Crippen LogP contribution in [0.4, 0.5) is 0 Å². The topological polar surface area (TPSA) is 55.8 Å². The number of carbonyl (C=O) groups excluding carboxylic acids is 1. The van der Waals surface area contributed by atoms with Crippen molar-refractivity contribution in [2.24, 2.45) is 0 Å². The van der Waals surface area contributed by atoms with Gasteiger partial charge < -0.3 is 14.6 Å². The van der Waals surface area contributed by atoms with E-state index in [9.17, 15) is 9.90 Å². The molecule has 2 aromatic carbocycles. The molecule has 0 heterocycles. The van der Waals surface area contributed by atoms with Crippen LogP contribution in [0.15, 0.2) is 61.7 Å². The minimum atomic E-state index is -1.04. The summed E-state index contributed by atoms with van der Waals surface area (Å²) < 4.78 is 10.3. The highest BCUT2D eigenvalue weighted by atomic mass is 16.6. The van der Waals surface area contributed by atoms with E-state index in [0.29, 0.717) is 11.5 Å². The molecule has 0 fully saturated rings. The van der Waals surface area contributed by atoms with Crippen LogP contribution in [0.2, 0.25) is 0 Å². The molecule has 1 N–H and O–H groups in total. The molecule has 0 radical (unpaired) electrons. The molecular weight excluding hydrogens is 256 g/mol. The second-order valence-electron chi connectivity index (χ2n) is 4.04. The number of ether oxygens (including phenoxy) is 2. The van der Waals surface area contributed by atoms with Crippen molar-refractivity contribution >= 4 is 16.7 Å². The summed E-state index contributed by atoms with van der Waals surface area (Å²) in [6, 6.07) is 10.5. The number of esters is 1. The van der Waals surface area contributed by atoms with Gasteiger partial charge in [-0.3, -0.25) is 0 Å². The normalized spacial score (nSPS) is 11.7. The van der Waals surface area contributed by atoms with Gasteiger partial charge in [-0.05, 0) is 41.1 Å². The number of benzene rings is 2. The first-order valence-electron chi connectivity index (χ1n) is 5.97. The summed E-state index contributed by atoms with van der Waals surface area (Å²) in [5, 5.41) is 11.1. The molecule has 0 bridgehead atoms. The molecular formula is C16H14O4. The van der Waals surface area contributed by atoms with Gasteiger partial charge in [0.2, 0.25) is 6.29 Å². The van der Waals surface area contributed by atoms with Gasteiger partial charge in [0.15, 0.2) is 0 Å². The second-order valence-corrected chi connectivity index (χ2v) is 4.04. The molecule has 4 heteroatoms. The Morgan fingerprint density at radius 1 is 1.10 bits per heavy atom. The highest BCUT2D eigenvalue weighted by Crippen LogP contribution is 2.25. The lowest BCUT2D eigenvalue weighted by Crippen LogP contribution is -2.10. The summed E-state index contributed by atoms with van der Waals surface area (Å²) in [5.74, 6) is 0.473. The van der Waals surface area contributed by atoms with Gasteiger partial charge in [0.25, 0.3) is 0 Å². The van der Waals surface area contributed by atoms with Crippen molar-refractivity contribution in [3.8, 4) is 11.5 Å². The van der Waals surface area contributed by atoms with Gasteiger partial charge in [0.05, 0.1) is 0 Å². The quantitative estimate of drug-likeness (QED) is 0.298. The third-order valence-electron chi connectivity index (χ3n) is 2.63. The fourth-order valence-electron chi connectivity index (χ4n) is 1.68. The van der Waals surface area contributed by atoms with E-state index in [1.54, 1.807) is 30.3 Å². The average Bonchev–Trinajstić information content (AvgIpc) is 2.47. The number of fused-ring (bicyclic) bond motifs is 1. The number of rotatable bonds is 5. The third kappa shape index (κ3) is 3.24. The zero-order valence-electron chi connectivity index (χ0n) is 10.8. The van der Waals surface area contributed by atoms with E-state index in [-0.39, 0.29) is 0 Å². The predicted molar refractivity (Wildman–Crippen MR) is 76.6 cm³/mol. The molecule has 2 rings (SSSR count). The first-order valence-corrected chi connectivity index (χ1v) is 5.97. The molecule has 102 valence electrons. The molecule has 0 spiro atoms. The molecule has 20 heavy (non-hydrogen) atoms. The van der Waals surface area contributed by atoms with E-state index >= 15 is 0 Å². The molecule has 2 aromatic rings. The van der Waals surface area contributed by atoms with Gasteiger partial charge in [-0.1, -0.05) is 25.3 Å². The van der Waals surface area contributed by atoms with Crippen LogP contribution in [-0.4, -0.2) is 17.4 Å². The summed E-state index contributed by atoms with van der Waals surface area (Å²) in [6.07, 6.45) is 1.36. The number of hydrogen-bond acceptors (Lipinski definition) is 4. The van der Waals surface area contributed by atoms with Crippen LogP contribution in [-0.2, 0) is 4.79 Å². The third-order valence-corrected chi connectivity index (χ3v) is 2.63. The predicted octanol–water partition coefficient (Wildman–Crippen LogP) is 2.81. The van der Waals surface area contributed by atoms with Crippen LogP contribution in [0.1, 0.15) is 0 Å². The molecule has 4 nitrogen and oxygen atoms in total. The number of aliphatic hydroxyl groups is 1. The highest BCUT2D eigenvalue weighted by Gasteiger charge is 2.04. The molecule has 0 saturated heterocycles. The van der Waals surface area contributed by atoms with Gasteiger partial charge in [-0.15, -0.1) is 0 Å². The van der Waals surface area contributed by atoms with Crippen molar-refractivity contribution in [1.29, 1.82) is 0 Å². The average molecular weight is 270 g/mol. The van der Waals surface area contributed by atoms with E-state index in [0.717, 1.165) is 16.8 Å². The van der Waals surface area contributed by atoms with Crippen molar-refractivity contribution in [2.75, 3.05) is 0 Å². The summed E-state index contributed by atoms with van der Waals surface area (Å²) >= 11 is 0. The Morgan fingerprint density at radius 2 is 1.70 bits per heavy atom. The Kier molecular flexibility index (Phi) is 4.17. The zero-order chi connectivity index (χ0) is 14.5. The van der Waals surface area contributed by atoms with E-state index < -0.39 is 12.3 Å². The number of hydrogen-bond donors (Lipinski definition) is 1. The summed E-state index contributed by atoms with van der Waals surface area (Å²) in [4.78, 5) is 11.1. The Bertz CT molecular complexity index is 661. The maximum absolute atomic E-state index is 11.1. The summed E-state index contributed by atoms with van der Waals surface area (Å²) in [7, 11) is 0. The maximum atomic E-state index is 11.1. The van der Waals surface area contributed by atoms with E-state index in [2.05, 4.69) is 13.2 Å². The molecule has 1 unspecified atom stereocenters. The monoisotopic (exact) mass is 270 g/mol. The van der Waals surface area contributed by atoms with Crippen LogP contribution in [0, 0.1) is 0 Å². The first-order chi connectivity index (χ1) is 9.62. The fourth-order valence-corrected chi connectivity index (χ4v) is 1.68. The van der Waals surface area contributed by atoms with Crippen molar-refractivity contribution in [3.63, 3.8) is 0 Å². The molecule has 0 saturated carbocycles. The van der Waals surface area contributed by atoms with Crippen molar-refractivity contribution in [3.05, 3.63) is 61.7 Å². The largest absolute Gasteiger partial charge is 0.461 e. The molecule has 0 aromatic heterocycles. The van der Waals surface area contributed by atoms with E-state index in [4.69, 9.17) is 9.47 Å². The lowest BCUT2D eigenvalue weighted by atomic mass is 10.1. The lowest BCUT2D eigenvalue weighted by Gasteiger charge is -2.10. The minimum absolute atomic E-state index is 0.446. The molecule has 0 aliphatic heterocycles. The molecule has 0 amide bonds. The highest BCUT2D eigenvalue weighted by molar-refractivity contribution is 5.87. The second kappa shape index (κ2) is 6.04. The molecule has 1 atom stereocenters. The van der Waals surface area contributed by atoms with Gasteiger partial charge in [0.1, 0.15) is 11.5 Å². The minimum Gasteiger partial charge on any atom is -0.461 e. The van der Waals surface area contributed by atoms with Crippen molar-refractivity contribution < 1.29 is 19.4 Å². The van der Waals surface area contributed by atoms with Gasteiger partial charge in [0, 0.05) is 6.08 Å². The Balaban J connectivity index is 2.27. The Labute approximate surface area is 116 Å². The van der Waals surface area contributed by atoms with Crippen LogP contribution < -0.4 is 9.47 Å². The van der Waals surface area contributed by atoms with Crippen LogP contribution in [0.5, 0.6) is 11.5 Å². The molecule has 0 aliphatic carbocycles. The van der Waals surface area contributed by atoms with Crippen molar-refractivity contribution in [1.82, 2.24) is 0 Å². The fraction of sp³-hybridized carbons (Fsp3) is 0.0625. The first kappa shape index (κ1) is 13.8. The Hall–Kier alpha value is -2.59. The van der Waals surface area contributed by atoms with E-state index in [1.165, 1.54) is 6.08 Å². The molecule has 0 aliphatic rings. The smallest absolute Gasteiger partial charge is 0.335 e.